The van der Waals surface area contributed by atoms with E-state index < -0.39 is 35.9 Å². The molecule has 0 fully saturated rings. The molecule has 0 saturated carbocycles. The molecule has 0 spiro atoms. The van der Waals surface area contributed by atoms with Crippen LogP contribution in [0.2, 0.25) is 0 Å². The van der Waals surface area contributed by atoms with Gasteiger partial charge in [-0.25, -0.2) is 4.98 Å². The van der Waals surface area contributed by atoms with E-state index in [1.54, 1.807) is 48.5 Å². The summed E-state index contributed by atoms with van der Waals surface area (Å²) in [6.45, 7) is 12.6. The van der Waals surface area contributed by atoms with Crippen LogP contribution in [0.1, 0.15) is 101 Å². The Bertz CT molecular complexity index is 1590. The predicted molar refractivity (Wildman–Crippen MR) is 221 cm³/mol. The number of carbonyl (C=O) groups excluding carboxylic acids is 5. The number of alkyl halides is 1. The summed E-state index contributed by atoms with van der Waals surface area (Å²) < 4.78 is 16.5. The fourth-order valence-corrected chi connectivity index (χ4v) is 6.85. The molecule has 0 radical (unpaired) electrons. The highest BCUT2D eigenvalue weighted by Gasteiger charge is 2.31. The number of carboxylic acid groups (broad SMARTS) is 1. The third-order valence-corrected chi connectivity index (χ3v) is 10.8. The summed E-state index contributed by atoms with van der Waals surface area (Å²) in [7, 11) is 1.76. The fourth-order valence-electron chi connectivity index (χ4n) is 5.82. The van der Waals surface area contributed by atoms with Crippen LogP contribution in [0, 0.1) is 17.8 Å². The first-order chi connectivity index (χ1) is 27.0. The first-order valence-corrected chi connectivity index (χ1v) is 21.3. The SMILES string of the molecule is CC[C@H](C)CC(=O)N(C)C(C[C@@H](OC(C)=O)c1nc(C(=O)N[C@@H](Cc2ccc(NC(=O)CCOCCOCCNC(=O)CBr)cc2)C[C@H](C)C(=O)O)cs1)C(C)C. The lowest BCUT2D eigenvalue weighted by atomic mass is 9.95. The van der Waals surface area contributed by atoms with Gasteiger partial charge in [0.2, 0.25) is 17.7 Å². The average Bonchev–Trinajstić information content (AvgIpc) is 3.66. The minimum absolute atomic E-state index is 0.0105. The number of carbonyl (C=O) groups is 6. The molecule has 318 valence electrons. The number of thiazole rings is 1. The lowest BCUT2D eigenvalue weighted by molar-refractivity contribution is -0.148. The molecular formula is C40H60BrN5O10S. The highest BCUT2D eigenvalue weighted by molar-refractivity contribution is 9.09. The van der Waals surface area contributed by atoms with Crippen LogP contribution >= 0.6 is 27.3 Å². The van der Waals surface area contributed by atoms with Crippen molar-refractivity contribution in [2.24, 2.45) is 17.8 Å². The summed E-state index contributed by atoms with van der Waals surface area (Å²) >= 11 is 4.24. The number of aliphatic carboxylic acids is 1. The van der Waals surface area contributed by atoms with Crippen molar-refractivity contribution in [1.82, 2.24) is 20.5 Å². The van der Waals surface area contributed by atoms with Gasteiger partial charge in [0.1, 0.15) is 10.7 Å². The number of anilines is 1. The quantitative estimate of drug-likeness (QED) is 0.0510. The largest absolute Gasteiger partial charge is 0.481 e. The van der Waals surface area contributed by atoms with Gasteiger partial charge in [-0.15, -0.1) is 11.3 Å². The molecule has 0 bridgehead atoms. The second kappa shape index (κ2) is 26.1. The molecule has 17 heteroatoms. The van der Waals surface area contributed by atoms with Gasteiger partial charge in [0.05, 0.1) is 44.1 Å². The summed E-state index contributed by atoms with van der Waals surface area (Å²) in [5.74, 6) is -2.81. The third-order valence-electron chi connectivity index (χ3n) is 9.32. The molecule has 57 heavy (non-hydrogen) atoms. The monoisotopic (exact) mass is 881 g/mol. The molecule has 2 aromatic rings. The van der Waals surface area contributed by atoms with Crippen LogP contribution in [-0.4, -0.2) is 108 Å². The number of benzene rings is 1. The fraction of sp³-hybridized carbons (Fsp3) is 0.625. The molecular weight excluding hydrogens is 822 g/mol. The molecule has 0 saturated heterocycles. The van der Waals surface area contributed by atoms with Crippen LogP contribution in [0.15, 0.2) is 29.6 Å². The van der Waals surface area contributed by atoms with Gasteiger partial charge < -0.3 is 40.2 Å². The summed E-state index contributed by atoms with van der Waals surface area (Å²) in [5, 5.41) is 20.3. The van der Waals surface area contributed by atoms with Crippen LogP contribution in [0.3, 0.4) is 0 Å². The van der Waals surface area contributed by atoms with Gasteiger partial charge in [0.25, 0.3) is 5.91 Å². The van der Waals surface area contributed by atoms with E-state index in [2.05, 4.69) is 36.9 Å². The van der Waals surface area contributed by atoms with E-state index in [0.29, 0.717) is 56.3 Å². The van der Waals surface area contributed by atoms with Crippen LogP contribution in [0.4, 0.5) is 5.69 Å². The molecule has 4 amide bonds. The van der Waals surface area contributed by atoms with Gasteiger partial charge >= 0.3 is 11.9 Å². The number of ether oxygens (including phenoxy) is 3. The Morgan fingerprint density at radius 1 is 0.947 bits per heavy atom. The van der Waals surface area contributed by atoms with Crippen LogP contribution < -0.4 is 16.0 Å². The van der Waals surface area contributed by atoms with Gasteiger partial charge in [0.15, 0.2) is 6.10 Å². The molecule has 0 aliphatic rings. The first kappa shape index (κ1) is 49.2. The highest BCUT2D eigenvalue weighted by atomic mass is 79.9. The first-order valence-electron chi connectivity index (χ1n) is 19.3. The zero-order chi connectivity index (χ0) is 42.5. The van der Waals surface area contributed by atoms with Crippen LogP contribution in [-0.2, 0) is 44.6 Å². The van der Waals surface area contributed by atoms with Gasteiger partial charge in [-0.05, 0) is 42.4 Å². The summed E-state index contributed by atoms with van der Waals surface area (Å²) in [6.07, 6.45) is 1.41. The van der Waals surface area contributed by atoms with Crippen LogP contribution in [0.5, 0.6) is 0 Å². The van der Waals surface area contributed by atoms with Crippen molar-refractivity contribution in [1.29, 1.82) is 0 Å². The number of hydrogen-bond donors (Lipinski definition) is 4. The number of aromatic nitrogens is 1. The second-order valence-electron chi connectivity index (χ2n) is 14.5. The van der Waals surface area contributed by atoms with Crippen molar-refractivity contribution in [3.05, 3.63) is 45.9 Å². The van der Waals surface area contributed by atoms with E-state index in [1.165, 1.54) is 18.3 Å². The maximum Gasteiger partial charge on any atom is 0.306 e. The maximum absolute atomic E-state index is 13.6. The van der Waals surface area contributed by atoms with Crippen molar-refractivity contribution < 1.29 is 48.1 Å². The molecule has 1 heterocycles. The minimum Gasteiger partial charge on any atom is -0.481 e. The topological polar surface area (TPSA) is 203 Å². The van der Waals surface area contributed by atoms with Gasteiger partial charge in [-0.3, -0.25) is 28.8 Å². The zero-order valence-electron chi connectivity index (χ0n) is 34.1. The van der Waals surface area contributed by atoms with Crippen molar-refractivity contribution in [2.45, 2.75) is 98.3 Å². The van der Waals surface area contributed by atoms with Gasteiger partial charge in [0, 0.05) is 56.5 Å². The van der Waals surface area contributed by atoms with Crippen LogP contribution in [0.25, 0.3) is 0 Å². The Hall–Kier alpha value is -3.93. The average molecular weight is 883 g/mol. The molecule has 0 aliphatic heterocycles. The third kappa shape index (κ3) is 18.9. The summed E-state index contributed by atoms with van der Waals surface area (Å²) in [4.78, 5) is 80.5. The van der Waals surface area contributed by atoms with E-state index >= 15 is 0 Å². The minimum atomic E-state index is -0.993. The Kier molecular flexibility index (Phi) is 22.6. The number of carboxylic acids is 1. The molecule has 5 atom stereocenters. The number of esters is 1. The number of nitrogens with one attached hydrogen (secondary N) is 3. The molecule has 4 N–H and O–H groups in total. The molecule has 0 aliphatic carbocycles. The molecule has 15 nitrogen and oxygen atoms in total. The number of rotatable bonds is 27. The van der Waals surface area contributed by atoms with E-state index in [1.807, 2.05) is 27.7 Å². The summed E-state index contributed by atoms with van der Waals surface area (Å²) in [5.41, 5.74) is 1.49. The number of amides is 4. The van der Waals surface area contributed by atoms with Crippen molar-refractivity contribution in [3.63, 3.8) is 0 Å². The number of nitrogens with zero attached hydrogens (tertiary/aromatic N) is 2. The second-order valence-corrected chi connectivity index (χ2v) is 15.9. The lowest BCUT2D eigenvalue weighted by Gasteiger charge is -2.34. The van der Waals surface area contributed by atoms with E-state index in [0.717, 1.165) is 12.0 Å². The lowest BCUT2D eigenvalue weighted by Crippen LogP contribution is -2.42. The van der Waals surface area contributed by atoms with E-state index in [9.17, 15) is 33.9 Å². The Morgan fingerprint density at radius 3 is 2.21 bits per heavy atom. The van der Waals surface area contributed by atoms with Crippen molar-refractivity contribution in [3.8, 4) is 0 Å². The van der Waals surface area contributed by atoms with E-state index in [-0.39, 0.29) is 66.1 Å². The normalized spacial score (nSPS) is 13.8. The molecule has 1 unspecified atom stereocenters. The molecule has 1 aromatic carbocycles. The Labute approximate surface area is 348 Å². The van der Waals surface area contributed by atoms with Gasteiger partial charge in [-0.2, -0.15) is 0 Å². The van der Waals surface area contributed by atoms with Crippen molar-refractivity contribution >= 4 is 68.5 Å². The number of hydrogen-bond acceptors (Lipinski definition) is 11. The highest BCUT2D eigenvalue weighted by Crippen LogP contribution is 2.31. The summed E-state index contributed by atoms with van der Waals surface area (Å²) in [6, 6.07) is 6.25. The maximum atomic E-state index is 13.6. The molecule has 1 aromatic heterocycles. The zero-order valence-corrected chi connectivity index (χ0v) is 36.5. The van der Waals surface area contributed by atoms with Gasteiger partial charge in [-0.1, -0.05) is 69.1 Å². The smallest absolute Gasteiger partial charge is 0.306 e. The Balaban J connectivity index is 2.04. The van der Waals surface area contributed by atoms with Crippen molar-refractivity contribution in [2.75, 3.05) is 50.7 Å². The number of halogens is 1. The Morgan fingerprint density at radius 2 is 1.61 bits per heavy atom. The van der Waals surface area contributed by atoms with E-state index in [4.69, 9.17) is 14.2 Å². The molecule has 2 rings (SSSR count). The standard InChI is InChI=1S/C40H60BrN5O10S/c1-8-26(4)19-37(50)46(7)33(25(2)3)22-34(56-28(6)47)39-45-32(24-57-39)38(51)44-31(20-27(5)40(52)53)21-29-9-11-30(12-10-29)43-35(48)13-15-54-17-18-55-16-14-42-36(49)23-41/h9-12,24-27,31,33-34H,8,13-23H2,1-7H3,(H,42,49)(H,43,48)(H,44,51)(H,52,53)/t26-,27-,31+,33?,34+/m0/s1. The predicted octanol–water partition coefficient (Wildman–Crippen LogP) is 5.38.